The summed E-state index contributed by atoms with van der Waals surface area (Å²) in [6.07, 6.45) is 5.38. The van der Waals surface area contributed by atoms with Crippen molar-refractivity contribution in [3.63, 3.8) is 0 Å². The fraction of sp³-hybridized carbons (Fsp3) is 0.700. The highest BCUT2D eigenvalue weighted by Crippen LogP contribution is 2.24. The molecule has 1 aliphatic heterocycles. The Labute approximate surface area is 94.8 Å². The molecule has 0 aromatic carbocycles. The minimum Gasteiger partial charge on any atom is -0.348 e. The van der Waals surface area contributed by atoms with Gasteiger partial charge in [-0.1, -0.05) is 12.8 Å². The largest absolute Gasteiger partial charge is 0.348 e. The molecule has 14 heavy (non-hydrogen) atoms. The van der Waals surface area contributed by atoms with Crippen LogP contribution in [0.3, 0.4) is 0 Å². The van der Waals surface area contributed by atoms with Crippen LogP contribution in [0.25, 0.3) is 0 Å². The fourth-order valence-corrected chi connectivity index (χ4v) is 2.94. The lowest BCUT2D eigenvalue weighted by Crippen LogP contribution is -2.23. The van der Waals surface area contributed by atoms with Gasteiger partial charge in [-0.2, -0.15) is 12.6 Å². The van der Waals surface area contributed by atoms with Crippen LogP contribution in [0.1, 0.15) is 31.4 Å². The quantitative estimate of drug-likeness (QED) is 0.783. The highest BCUT2D eigenvalue weighted by molar-refractivity contribution is 7.79. The number of anilines is 1. The first-order valence-corrected chi connectivity index (χ1v) is 6.71. The first-order valence-electron chi connectivity index (χ1n) is 5.20. The zero-order chi connectivity index (χ0) is 9.80. The van der Waals surface area contributed by atoms with Gasteiger partial charge in [0.2, 0.25) is 0 Å². The lowest BCUT2D eigenvalue weighted by atomic mass is 10.2. The van der Waals surface area contributed by atoms with Gasteiger partial charge in [0.25, 0.3) is 0 Å². The fourth-order valence-electron chi connectivity index (χ4n) is 1.78. The van der Waals surface area contributed by atoms with Crippen LogP contribution in [0, 0.1) is 0 Å². The SMILES string of the molecule is SCc1csc(N2CCCCCC2)n1. The number of aromatic nitrogens is 1. The molecule has 1 saturated heterocycles. The maximum atomic E-state index is 4.56. The summed E-state index contributed by atoms with van der Waals surface area (Å²) in [5.41, 5.74) is 1.11. The van der Waals surface area contributed by atoms with Crippen LogP contribution in [0.4, 0.5) is 5.13 Å². The second-order valence-corrected chi connectivity index (χ2v) is 4.83. The van der Waals surface area contributed by atoms with Crippen molar-refractivity contribution < 1.29 is 0 Å². The number of hydrogen-bond donors (Lipinski definition) is 1. The van der Waals surface area contributed by atoms with Crippen molar-refractivity contribution in [1.29, 1.82) is 0 Å². The molecule has 0 unspecified atom stereocenters. The zero-order valence-corrected chi connectivity index (χ0v) is 9.99. The molecule has 1 aliphatic rings. The van der Waals surface area contributed by atoms with Crippen molar-refractivity contribution in [3.05, 3.63) is 11.1 Å². The van der Waals surface area contributed by atoms with Crippen molar-refractivity contribution >= 4 is 29.1 Å². The van der Waals surface area contributed by atoms with Gasteiger partial charge in [0.1, 0.15) is 0 Å². The molecule has 0 spiro atoms. The van der Waals surface area contributed by atoms with Crippen molar-refractivity contribution in [2.24, 2.45) is 0 Å². The molecule has 1 aromatic heterocycles. The molecule has 2 nitrogen and oxygen atoms in total. The summed E-state index contributed by atoms with van der Waals surface area (Å²) >= 11 is 5.99. The lowest BCUT2D eigenvalue weighted by molar-refractivity contribution is 0.726. The summed E-state index contributed by atoms with van der Waals surface area (Å²) in [5.74, 6) is 0.754. The van der Waals surface area contributed by atoms with Gasteiger partial charge in [0, 0.05) is 24.2 Å². The molecule has 0 N–H and O–H groups in total. The molecule has 2 rings (SSSR count). The lowest BCUT2D eigenvalue weighted by Gasteiger charge is -2.18. The van der Waals surface area contributed by atoms with Gasteiger partial charge in [-0.05, 0) is 12.8 Å². The predicted octanol–water partition coefficient (Wildman–Crippen LogP) is 2.95. The van der Waals surface area contributed by atoms with Crippen LogP contribution in [-0.4, -0.2) is 18.1 Å². The van der Waals surface area contributed by atoms with E-state index in [1.807, 2.05) is 0 Å². The Morgan fingerprint density at radius 1 is 1.29 bits per heavy atom. The van der Waals surface area contributed by atoms with Crippen molar-refractivity contribution in [2.45, 2.75) is 31.4 Å². The average Bonchev–Trinajstić information content (AvgIpc) is 2.53. The maximum absolute atomic E-state index is 4.56. The topological polar surface area (TPSA) is 16.1 Å². The van der Waals surface area contributed by atoms with Crippen molar-refractivity contribution in [2.75, 3.05) is 18.0 Å². The third kappa shape index (κ3) is 2.42. The molecule has 0 bridgehead atoms. The summed E-state index contributed by atoms with van der Waals surface area (Å²) in [4.78, 5) is 6.98. The van der Waals surface area contributed by atoms with Gasteiger partial charge in [0.05, 0.1) is 5.69 Å². The summed E-state index contributed by atoms with van der Waals surface area (Å²) in [6.45, 7) is 2.36. The number of rotatable bonds is 2. The minimum atomic E-state index is 0.754. The summed E-state index contributed by atoms with van der Waals surface area (Å²) in [5, 5.41) is 3.31. The van der Waals surface area contributed by atoms with Crippen LogP contribution < -0.4 is 4.90 Å². The second kappa shape index (κ2) is 5.03. The van der Waals surface area contributed by atoms with Gasteiger partial charge < -0.3 is 4.90 Å². The minimum absolute atomic E-state index is 0.754. The predicted molar refractivity (Wildman–Crippen MR) is 65.5 cm³/mol. The Morgan fingerprint density at radius 2 is 2.00 bits per heavy atom. The molecule has 0 radical (unpaired) electrons. The van der Waals surface area contributed by atoms with Crippen LogP contribution in [-0.2, 0) is 5.75 Å². The average molecular weight is 228 g/mol. The first kappa shape index (κ1) is 10.3. The molecule has 2 heterocycles. The van der Waals surface area contributed by atoms with E-state index in [-0.39, 0.29) is 0 Å². The Hall–Kier alpha value is -0.220. The number of thiol groups is 1. The van der Waals surface area contributed by atoms with Crippen molar-refractivity contribution in [3.8, 4) is 0 Å². The molecular formula is C10H16N2S2. The molecule has 1 fully saturated rings. The number of hydrogen-bond acceptors (Lipinski definition) is 4. The van der Waals surface area contributed by atoms with Gasteiger partial charge in [-0.3, -0.25) is 0 Å². The van der Waals surface area contributed by atoms with E-state index in [4.69, 9.17) is 0 Å². The first-order chi connectivity index (χ1) is 6.90. The Morgan fingerprint density at radius 3 is 2.57 bits per heavy atom. The highest BCUT2D eigenvalue weighted by atomic mass is 32.1. The van der Waals surface area contributed by atoms with Crippen LogP contribution >= 0.6 is 24.0 Å². The van der Waals surface area contributed by atoms with E-state index < -0.39 is 0 Å². The third-order valence-corrected chi connectivity index (χ3v) is 3.85. The monoisotopic (exact) mass is 228 g/mol. The van der Waals surface area contributed by atoms with E-state index in [0.29, 0.717) is 0 Å². The molecule has 0 aliphatic carbocycles. The summed E-state index contributed by atoms with van der Waals surface area (Å²) in [7, 11) is 0. The normalized spacial score (nSPS) is 18.2. The number of thiazole rings is 1. The van der Waals surface area contributed by atoms with Gasteiger partial charge in [-0.25, -0.2) is 4.98 Å². The molecule has 0 saturated carbocycles. The molecule has 4 heteroatoms. The van der Waals surface area contributed by atoms with E-state index in [9.17, 15) is 0 Å². The van der Waals surface area contributed by atoms with E-state index >= 15 is 0 Å². The van der Waals surface area contributed by atoms with Gasteiger partial charge in [0.15, 0.2) is 5.13 Å². The molecule has 1 aromatic rings. The van der Waals surface area contributed by atoms with E-state index in [1.54, 1.807) is 11.3 Å². The maximum Gasteiger partial charge on any atom is 0.185 e. The third-order valence-electron chi connectivity index (χ3n) is 2.58. The highest BCUT2D eigenvalue weighted by Gasteiger charge is 2.12. The van der Waals surface area contributed by atoms with Crippen LogP contribution in [0.2, 0.25) is 0 Å². The number of nitrogens with zero attached hydrogens (tertiary/aromatic N) is 2. The Bertz CT molecular complexity index is 277. The summed E-state index contributed by atoms with van der Waals surface area (Å²) in [6, 6.07) is 0. The van der Waals surface area contributed by atoms with E-state index in [0.717, 1.165) is 11.4 Å². The Kier molecular flexibility index (Phi) is 3.70. The molecule has 78 valence electrons. The zero-order valence-electron chi connectivity index (χ0n) is 8.28. The smallest absolute Gasteiger partial charge is 0.185 e. The Balaban J connectivity index is 2.04. The summed E-state index contributed by atoms with van der Waals surface area (Å²) < 4.78 is 0. The van der Waals surface area contributed by atoms with Crippen LogP contribution in [0.15, 0.2) is 5.38 Å². The molecular weight excluding hydrogens is 212 g/mol. The van der Waals surface area contributed by atoms with Crippen LogP contribution in [0.5, 0.6) is 0 Å². The van der Waals surface area contributed by atoms with Crippen molar-refractivity contribution in [1.82, 2.24) is 4.98 Å². The standard InChI is InChI=1S/C10H16N2S2/c13-7-9-8-14-10(11-9)12-5-3-1-2-4-6-12/h8,13H,1-7H2. The van der Waals surface area contributed by atoms with Gasteiger partial charge in [-0.15, -0.1) is 11.3 Å². The van der Waals surface area contributed by atoms with E-state index in [1.165, 1.54) is 43.9 Å². The second-order valence-electron chi connectivity index (χ2n) is 3.68. The van der Waals surface area contributed by atoms with E-state index in [2.05, 4.69) is 27.9 Å². The van der Waals surface area contributed by atoms with Gasteiger partial charge >= 0.3 is 0 Å². The molecule has 0 amide bonds. The molecule has 0 atom stereocenters.